The molecule has 1 amide bonds. The van der Waals surface area contributed by atoms with Crippen LogP contribution >= 0.6 is 0 Å². The van der Waals surface area contributed by atoms with Crippen molar-refractivity contribution in [3.63, 3.8) is 0 Å². The summed E-state index contributed by atoms with van der Waals surface area (Å²) in [6.45, 7) is 7.31. The molecule has 0 radical (unpaired) electrons. The second kappa shape index (κ2) is 12.3. The highest BCUT2D eigenvalue weighted by atomic mass is 16.7. The first kappa shape index (κ1) is 26.1. The number of rotatable bonds is 11. The van der Waals surface area contributed by atoms with E-state index >= 15 is 0 Å². The van der Waals surface area contributed by atoms with Crippen LogP contribution in [-0.4, -0.2) is 48.8 Å². The van der Waals surface area contributed by atoms with Crippen molar-refractivity contribution >= 4 is 5.91 Å². The molecule has 5 rings (SSSR count). The molecule has 0 unspecified atom stereocenters. The molecule has 3 aromatic rings. The summed E-state index contributed by atoms with van der Waals surface area (Å²) in [4.78, 5) is 15.4. The molecule has 0 aliphatic carbocycles. The zero-order chi connectivity index (χ0) is 26.3. The van der Waals surface area contributed by atoms with E-state index in [-0.39, 0.29) is 24.8 Å². The molecule has 1 saturated heterocycles. The van der Waals surface area contributed by atoms with Gasteiger partial charge in [-0.2, -0.15) is 0 Å². The lowest BCUT2D eigenvalue weighted by Gasteiger charge is -2.27. The Balaban J connectivity index is 1.10. The lowest BCUT2D eigenvalue weighted by molar-refractivity contribution is -0.126. The quantitative estimate of drug-likeness (QED) is 0.397. The second-order valence-electron chi connectivity index (χ2n) is 10.3. The normalized spacial score (nSPS) is 18.6. The average molecular weight is 516 g/mol. The minimum atomic E-state index is -0.134. The summed E-state index contributed by atoms with van der Waals surface area (Å²) in [5.74, 6) is 2.52. The van der Waals surface area contributed by atoms with E-state index in [2.05, 4.69) is 53.6 Å². The highest BCUT2D eigenvalue weighted by Crippen LogP contribution is 2.32. The van der Waals surface area contributed by atoms with E-state index in [1.165, 1.54) is 5.56 Å². The van der Waals surface area contributed by atoms with Gasteiger partial charge in [0, 0.05) is 31.7 Å². The van der Waals surface area contributed by atoms with E-state index in [4.69, 9.17) is 14.2 Å². The van der Waals surface area contributed by atoms with Crippen LogP contribution in [0.25, 0.3) is 0 Å². The summed E-state index contributed by atoms with van der Waals surface area (Å²) in [6, 6.07) is 24.8. The number of fused-ring (bicyclic) bond motifs is 1. The lowest BCUT2D eigenvalue weighted by Crippen LogP contribution is -2.46. The maximum Gasteiger partial charge on any atom is 0.237 e. The van der Waals surface area contributed by atoms with Crippen LogP contribution in [0.2, 0.25) is 0 Å². The van der Waals surface area contributed by atoms with Crippen LogP contribution in [0.3, 0.4) is 0 Å². The molecule has 7 nitrogen and oxygen atoms in total. The zero-order valence-corrected chi connectivity index (χ0v) is 22.2. The average Bonchev–Trinajstić information content (AvgIpc) is 3.59. The summed E-state index contributed by atoms with van der Waals surface area (Å²) in [5.41, 5.74) is 3.44. The predicted octanol–water partition coefficient (Wildman–Crippen LogP) is 4.29. The standard InChI is InChI=1S/C31H37N3O4/c1-22(2)34-19-26(33-18-25-9-6-10-27(15-25)36-20-24-7-4-3-5-8-24)17-28(34)31(35)32-14-13-23-11-12-29-30(16-23)38-21-37-29/h3-12,15-16,22,26,28,33H,13-14,17-21H2,1-2H3,(H,32,35)/t26-,28-/m0/s1. The van der Waals surface area contributed by atoms with Crippen LogP contribution in [-0.2, 0) is 24.4 Å². The van der Waals surface area contributed by atoms with Gasteiger partial charge in [-0.3, -0.25) is 9.69 Å². The van der Waals surface area contributed by atoms with Crippen molar-refractivity contribution in [1.82, 2.24) is 15.5 Å². The zero-order valence-electron chi connectivity index (χ0n) is 22.2. The molecule has 0 bridgehead atoms. The van der Waals surface area contributed by atoms with Crippen molar-refractivity contribution < 1.29 is 19.0 Å². The lowest BCUT2D eigenvalue weighted by atomic mass is 10.1. The van der Waals surface area contributed by atoms with Gasteiger partial charge in [0.15, 0.2) is 11.5 Å². The maximum absolute atomic E-state index is 13.1. The third kappa shape index (κ3) is 6.65. The van der Waals surface area contributed by atoms with Gasteiger partial charge in [0.1, 0.15) is 12.4 Å². The third-order valence-electron chi connectivity index (χ3n) is 7.20. The number of benzene rings is 3. The van der Waals surface area contributed by atoms with E-state index in [1.54, 1.807) is 0 Å². The molecule has 1 fully saturated rings. The van der Waals surface area contributed by atoms with E-state index in [9.17, 15) is 4.79 Å². The number of hydrogen-bond acceptors (Lipinski definition) is 6. The Hall–Kier alpha value is -3.55. The number of likely N-dealkylation sites (tertiary alicyclic amines) is 1. The molecule has 2 atom stereocenters. The van der Waals surface area contributed by atoms with Gasteiger partial charge in [0.05, 0.1) is 6.04 Å². The molecule has 2 heterocycles. The second-order valence-corrected chi connectivity index (χ2v) is 10.3. The van der Waals surface area contributed by atoms with Crippen molar-refractivity contribution in [2.24, 2.45) is 0 Å². The number of carbonyl (C=O) groups is 1. The largest absolute Gasteiger partial charge is 0.489 e. The van der Waals surface area contributed by atoms with Gasteiger partial charge in [0.2, 0.25) is 12.7 Å². The first-order valence-corrected chi connectivity index (χ1v) is 13.5. The Bertz CT molecular complexity index is 1220. The first-order chi connectivity index (χ1) is 18.5. The van der Waals surface area contributed by atoms with Gasteiger partial charge in [0.25, 0.3) is 0 Å². The molecule has 2 N–H and O–H groups in total. The fourth-order valence-electron chi connectivity index (χ4n) is 5.13. The fourth-order valence-corrected chi connectivity index (χ4v) is 5.13. The molecular weight excluding hydrogens is 478 g/mol. The Morgan fingerprint density at radius 2 is 1.79 bits per heavy atom. The van der Waals surface area contributed by atoms with Gasteiger partial charge in [-0.25, -0.2) is 0 Å². The number of hydrogen-bond donors (Lipinski definition) is 2. The van der Waals surface area contributed by atoms with Gasteiger partial charge < -0.3 is 24.8 Å². The molecule has 0 spiro atoms. The minimum absolute atomic E-state index is 0.0973. The van der Waals surface area contributed by atoms with Crippen LogP contribution in [0.5, 0.6) is 17.2 Å². The highest BCUT2D eigenvalue weighted by Gasteiger charge is 2.37. The van der Waals surface area contributed by atoms with Crippen molar-refractivity contribution in [2.45, 2.75) is 58.0 Å². The van der Waals surface area contributed by atoms with Crippen LogP contribution < -0.4 is 24.8 Å². The molecule has 38 heavy (non-hydrogen) atoms. The van der Waals surface area contributed by atoms with Gasteiger partial charge in [-0.15, -0.1) is 0 Å². The number of amides is 1. The maximum atomic E-state index is 13.1. The fraction of sp³-hybridized carbons (Fsp3) is 0.387. The molecule has 200 valence electrons. The van der Waals surface area contributed by atoms with Gasteiger partial charge in [-0.05, 0) is 67.6 Å². The highest BCUT2D eigenvalue weighted by molar-refractivity contribution is 5.82. The Kier molecular flexibility index (Phi) is 8.46. The molecule has 3 aromatic carbocycles. The predicted molar refractivity (Wildman–Crippen MR) is 147 cm³/mol. The molecule has 2 aliphatic rings. The van der Waals surface area contributed by atoms with Crippen molar-refractivity contribution in [3.05, 3.63) is 89.5 Å². The Labute approximate surface area is 225 Å². The number of nitrogens with one attached hydrogen (secondary N) is 2. The number of nitrogens with zero attached hydrogens (tertiary/aromatic N) is 1. The van der Waals surface area contributed by atoms with Crippen molar-refractivity contribution in [1.29, 1.82) is 0 Å². The van der Waals surface area contributed by atoms with Crippen LogP contribution in [0, 0.1) is 0 Å². The van der Waals surface area contributed by atoms with Crippen molar-refractivity contribution in [3.8, 4) is 17.2 Å². The van der Waals surface area contributed by atoms with E-state index in [0.717, 1.165) is 54.3 Å². The van der Waals surface area contributed by atoms with Crippen LogP contribution in [0.1, 0.15) is 37.0 Å². The van der Waals surface area contributed by atoms with Crippen LogP contribution in [0.15, 0.2) is 72.8 Å². The van der Waals surface area contributed by atoms with Gasteiger partial charge in [-0.1, -0.05) is 48.5 Å². The Morgan fingerprint density at radius 1 is 0.974 bits per heavy atom. The number of ether oxygens (including phenoxy) is 3. The molecule has 0 saturated carbocycles. The Morgan fingerprint density at radius 3 is 2.63 bits per heavy atom. The summed E-state index contributed by atoms with van der Waals surface area (Å²) in [6.07, 6.45) is 1.54. The van der Waals surface area contributed by atoms with E-state index in [1.807, 2.05) is 48.5 Å². The topological polar surface area (TPSA) is 72.1 Å². The summed E-state index contributed by atoms with van der Waals surface area (Å²) < 4.78 is 16.8. The molecular formula is C31H37N3O4. The number of carbonyl (C=O) groups excluding carboxylic acids is 1. The monoisotopic (exact) mass is 515 g/mol. The third-order valence-corrected chi connectivity index (χ3v) is 7.20. The minimum Gasteiger partial charge on any atom is -0.489 e. The van der Waals surface area contributed by atoms with E-state index in [0.29, 0.717) is 19.2 Å². The molecule has 2 aliphatic heterocycles. The summed E-state index contributed by atoms with van der Waals surface area (Å²) >= 11 is 0. The summed E-state index contributed by atoms with van der Waals surface area (Å²) in [7, 11) is 0. The first-order valence-electron chi connectivity index (χ1n) is 13.5. The molecule has 7 heteroatoms. The SMILES string of the molecule is CC(C)N1C[C@@H](NCc2cccc(OCc3ccccc3)c2)C[C@H]1C(=O)NCCc1ccc2c(c1)OCO2. The molecule has 0 aromatic heterocycles. The van der Waals surface area contributed by atoms with Gasteiger partial charge >= 0.3 is 0 Å². The smallest absolute Gasteiger partial charge is 0.237 e. The van der Waals surface area contributed by atoms with E-state index < -0.39 is 0 Å². The summed E-state index contributed by atoms with van der Waals surface area (Å²) in [5, 5.41) is 6.83. The van der Waals surface area contributed by atoms with Crippen molar-refractivity contribution in [2.75, 3.05) is 19.9 Å². The van der Waals surface area contributed by atoms with Crippen LogP contribution in [0.4, 0.5) is 0 Å².